The van der Waals surface area contributed by atoms with Crippen LogP contribution in [0.15, 0.2) is 122 Å². The molecule has 8 bridgehead atoms. The number of hydrogen-bond donors (Lipinski definition) is 6. The molecule has 0 amide bonds. The van der Waals surface area contributed by atoms with Gasteiger partial charge in [-0.05, 0) is 72.8 Å². The molecule has 0 saturated carbocycles. The number of nitrogens with one attached hydrogen (secondary N) is 2. The number of pyridine rings is 4. The minimum absolute atomic E-state index is 0.485. The van der Waals surface area contributed by atoms with E-state index in [4.69, 9.17) is 32.9 Å². The molecule has 2 aliphatic heterocycles. The van der Waals surface area contributed by atoms with Gasteiger partial charge in [0.25, 0.3) is 0 Å². The van der Waals surface area contributed by atoms with E-state index in [1.165, 1.54) is 0 Å². The zero-order valence-electron chi connectivity index (χ0n) is 33.5. The Kier molecular flexibility index (Phi) is 11.0. The lowest BCUT2D eigenvalue weighted by atomic mass is 10.1. The zero-order chi connectivity index (χ0) is 41.0. The van der Waals surface area contributed by atoms with E-state index in [-0.39, 0.29) is 0 Å². The van der Waals surface area contributed by atoms with E-state index in [1.54, 1.807) is 0 Å². The molecular formula is C48H50N12+4. The summed E-state index contributed by atoms with van der Waals surface area (Å²) in [6.07, 6.45) is 16.7. The molecule has 0 radical (unpaired) electrons. The van der Waals surface area contributed by atoms with E-state index in [1.807, 2.05) is 24.3 Å². The predicted molar refractivity (Wildman–Crippen MR) is 238 cm³/mol. The van der Waals surface area contributed by atoms with Crippen LogP contribution in [-0.4, -0.2) is 46.1 Å². The lowest BCUT2D eigenvalue weighted by Gasteiger charge is -2.07. The Hall–Kier alpha value is -6.96. The molecule has 298 valence electrons. The molecule has 0 atom stereocenters. The van der Waals surface area contributed by atoms with Gasteiger partial charge in [-0.15, -0.1) is 0 Å². The second-order valence-corrected chi connectivity index (χ2v) is 14.8. The number of aromatic amines is 2. The Morgan fingerprint density at radius 2 is 0.600 bits per heavy atom. The number of hydrogen-bond acceptors (Lipinski definition) is 6. The van der Waals surface area contributed by atoms with Gasteiger partial charge in [-0.25, -0.2) is 9.97 Å². The van der Waals surface area contributed by atoms with Gasteiger partial charge >= 0.3 is 0 Å². The molecule has 2 aliphatic rings. The molecule has 7 aromatic heterocycles. The second-order valence-electron chi connectivity index (χ2n) is 14.8. The van der Waals surface area contributed by atoms with Crippen LogP contribution in [0.25, 0.3) is 91.4 Å². The summed E-state index contributed by atoms with van der Waals surface area (Å²) in [5, 5.41) is 0. The van der Waals surface area contributed by atoms with E-state index in [9.17, 15) is 0 Å². The zero-order valence-corrected chi connectivity index (χ0v) is 33.5. The highest BCUT2D eigenvalue weighted by Crippen LogP contribution is 2.36. The molecule has 12 nitrogen and oxygen atoms in total. The van der Waals surface area contributed by atoms with Crippen LogP contribution in [0, 0.1) is 0 Å². The van der Waals surface area contributed by atoms with Crippen molar-refractivity contribution in [2.24, 2.45) is 22.9 Å². The van der Waals surface area contributed by atoms with E-state index >= 15 is 0 Å². The average molecular weight is 795 g/mol. The molecule has 0 unspecified atom stereocenters. The van der Waals surface area contributed by atoms with Crippen molar-refractivity contribution in [3.63, 3.8) is 0 Å². The molecule has 0 aliphatic carbocycles. The van der Waals surface area contributed by atoms with E-state index in [2.05, 4.69) is 150 Å². The normalized spacial score (nSPS) is 12.1. The monoisotopic (exact) mass is 794 g/mol. The van der Waals surface area contributed by atoms with E-state index in [0.717, 1.165) is 89.9 Å². The van der Waals surface area contributed by atoms with Gasteiger partial charge in [-0.3, -0.25) is 0 Å². The lowest BCUT2D eigenvalue weighted by molar-refractivity contribution is -0.683. The van der Waals surface area contributed by atoms with Crippen LogP contribution < -0.4 is 41.2 Å². The van der Waals surface area contributed by atoms with Gasteiger partial charge < -0.3 is 32.9 Å². The molecule has 10 N–H and O–H groups in total. The molecule has 0 spiro atoms. The van der Waals surface area contributed by atoms with Crippen molar-refractivity contribution in [2.45, 2.75) is 26.2 Å². The summed E-state index contributed by atoms with van der Waals surface area (Å²) >= 11 is 0. The summed E-state index contributed by atoms with van der Waals surface area (Å²) in [6, 6.07) is 33.5. The Bertz CT molecular complexity index is 2570. The first-order valence-electron chi connectivity index (χ1n) is 20.5. The summed E-state index contributed by atoms with van der Waals surface area (Å²) in [5.74, 6) is 0. The maximum atomic E-state index is 6.19. The number of nitrogens with two attached hydrogens (primary N) is 4. The van der Waals surface area contributed by atoms with Crippen LogP contribution >= 0.6 is 0 Å². The smallest absolute Gasteiger partial charge is 0.216 e. The van der Waals surface area contributed by atoms with E-state index < -0.39 is 0 Å². The quantitative estimate of drug-likeness (QED) is 0.101. The van der Waals surface area contributed by atoms with Crippen LogP contribution in [0.5, 0.6) is 0 Å². The Morgan fingerprint density at radius 1 is 0.350 bits per heavy atom. The van der Waals surface area contributed by atoms with Gasteiger partial charge in [-0.2, -0.15) is 18.3 Å². The van der Waals surface area contributed by atoms with Crippen LogP contribution in [-0.2, 0) is 26.2 Å². The minimum Gasteiger partial charge on any atom is -0.354 e. The highest BCUT2D eigenvalue weighted by atomic mass is 15.0. The maximum Gasteiger partial charge on any atom is 0.216 e. The van der Waals surface area contributed by atoms with Crippen LogP contribution in [0.1, 0.15) is 22.8 Å². The summed E-state index contributed by atoms with van der Waals surface area (Å²) < 4.78 is 8.76. The van der Waals surface area contributed by atoms with Crippen LogP contribution in [0.2, 0.25) is 0 Å². The third-order valence-corrected chi connectivity index (χ3v) is 11.0. The molecule has 12 heteroatoms. The van der Waals surface area contributed by atoms with Gasteiger partial charge in [0.1, 0.15) is 0 Å². The standard InChI is InChI=1S/C48H49N12/c49-21-29-57-25-5-1-9-41(57)45-33-13-15-35(53-33)46(42-10-2-6-26-58(42)30-22-50)37-17-19-39(55-37)48(44-12-4-8-28-60(44)32-24-52)40-20-18-38(56-40)47(36-16-14-34(45)54-36)43-11-3-7-27-59(43)31-23-51/h1-20,25-28H,21-24,29-32,49-52H2,(H,53,54,55,56)/q+3/p+1. The maximum absolute atomic E-state index is 6.19. The molecule has 60 heavy (non-hydrogen) atoms. The van der Waals surface area contributed by atoms with Crippen molar-refractivity contribution < 1.29 is 18.3 Å². The summed E-state index contributed by atoms with van der Waals surface area (Å²) in [7, 11) is 0. The topological polar surface area (TPSA) is 177 Å². The van der Waals surface area contributed by atoms with Crippen molar-refractivity contribution >= 4 is 46.4 Å². The molecule has 7 aromatic rings. The van der Waals surface area contributed by atoms with E-state index in [0.29, 0.717) is 52.4 Å². The third-order valence-electron chi connectivity index (χ3n) is 11.0. The summed E-state index contributed by atoms with van der Waals surface area (Å²) in [6.45, 7) is 4.49. The number of aromatic nitrogens is 8. The first-order valence-corrected chi connectivity index (χ1v) is 20.5. The van der Waals surface area contributed by atoms with Crippen LogP contribution in [0.4, 0.5) is 0 Å². The Balaban J connectivity index is 1.49. The van der Waals surface area contributed by atoms with Crippen molar-refractivity contribution in [1.29, 1.82) is 0 Å². The van der Waals surface area contributed by atoms with Crippen molar-refractivity contribution in [1.82, 2.24) is 19.9 Å². The lowest BCUT2D eigenvalue weighted by Crippen LogP contribution is -2.39. The minimum atomic E-state index is 0.485. The van der Waals surface area contributed by atoms with Gasteiger partial charge in [0.2, 0.25) is 22.8 Å². The molecule has 0 fully saturated rings. The predicted octanol–water partition coefficient (Wildman–Crippen LogP) is 4.31. The first-order chi connectivity index (χ1) is 29.6. The molecule has 9 rings (SSSR count). The highest BCUT2D eigenvalue weighted by molar-refractivity contribution is 5.97. The van der Waals surface area contributed by atoms with Gasteiger partial charge in [0.15, 0.2) is 51.0 Å². The largest absolute Gasteiger partial charge is 0.354 e. The Morgan fingerprint density at radius 3 is 0.833 bits per heavy atom. The molecule has 0 saturated heterocycles. The Labute approximate surface area is 348 Å². The summed E-state index contributed by atoms with van der Waals surface area (Å²) in [5.41, 5.74) is 39.4. The SMILES string of the molecule is NCC[n+]1ccccc1-c1c2nc(c(-c3cccc[n+]3CCN)c3ccc([nH]3)c(-c3cccc[n+]3CCN)c3nc(c(-c4cccc[n+]4CCN)c4ccc1[nH]4)C=C3)C=C2. The van der Waals surface area contributed by atoms with Gasteiger partial charge in [-0.1, -0.05) is 0 Å². The fourth-order valence-electron chi connectivity index (χ4n) is 8.43. The number of H-pyrrole nitrogens is 2. The average Bonchev–Trinajstić information content (AvgIpc) is 4.12. The second kappa shape index (κ2) is 17.1. The molecule has 0 aromatic carbocycles. The van der Waals surface area contributed by atoms with Crippen molar-refractivity contribution in [3.8, 4) is 45.0 Å². The van der Waals surface area contributed by atoms with Gasteiger partial charge in [0.05, 0.1) is 93.3 Å². The van der Waals surface area contributed by atoms with Gasteiger partial charge in [0, 0.05) is 48.5 Å². The highest BCUT2D eigenvalue weighted by Gasteiger charge is 2.27. The molecule has 9 heterocycles. The third kappa shape index (κ3) is 7.22. The number of nitrogens with zero attached hydrogens (tertiary/aromatic N) is 6. The first kappa shape index (κ1) is 38.6. The van der Waals surface area contributed by atoms with Crippen molar-refractivity contribution in [3.05, 3.63) is 145 Å². The number of rotatable bonds is 12. The fourth-order valence-corrected chi connectivity index (χ4v) is 8.43. The molecular weight excluding hydrogens is 745 g/mol. The van der Waals surface area contributed by atoms with Crippen molar-refractivity contribution in [2.75, 3.05) is 26.2 Å². The number of fused-ring (bicyclic) bond motifs is 8. The fraction of sp³-hybridized carbons (Fsp3) is 0.167. The summed E-state index contributed by atoms with van der Waals surface area (Å²) in [4.78, 5) is 18.7. The van der Waals surface area contributed by atoms with Crippen LogP contribution in [0.3, 0.4) is 0 Å².